The molecule has 0 saturated carbocycles. The largest absolute Gasteiger partial charge is 0.376 e. The fourth-order valence-electron chi connectivity index (χ4n) is 3.92. The molecular weight excluding hydrogens is 330 g/mol. The Morgan fingerprint density at radius 2 is 2.00 bits per heavy atom. The van der Waals surface area contributed by atoms with Gasteiger partial charge < -0.3 is 15.0 Å². The van der Waals surface area contributed by atoms with Crippen molar-refractivity contribution in [3.8, 4) is 0 Å². The summed E-state index contributed by atoms with van der Waals surface area (Å²) >= 11 is 0. The predicted octanol–water partition coefficient (Wildman–Crippen LogP) is 1.82. The fraction of sp³-hybridized carbons (Fsp3) is 0.789. The minimum absolute atomic E-state index is 0.0417. The Bertz CT molecular complexity index is 616. The molecule has 0 aromatic carbocycles. The molecule has 2 fully saturated rings. The lowest BCUT2D eigenvalue weighted by Gasteiger charge is -2.36. The number of nitrogens with zero attached hydrogens (tertiary/aromatic N) is 4. The van der Waals surface area contributed by atoms with Crippen molar-refractivity contribution in [2.75, 3.05) is 32.8 Å². The monoisotopic (exact) mass is 363 g/mol. The number of piperazine rings is 1. The summed E-state index contributed by atoms with van der Waals surface area (Å²) < 4.78 is 7.73. The third-order valence-electron chi connectivity index (χ3n) is 5.82. The normalized spacial score (nSPS) is 23.1. The van der Waals surface area contributed by atoms with Crippen LogP contribution in [0.4, 0.5) is 4.79 Å². The van der Waals surface area contributed by atoms with Gasteiger partial charge in [0.15, 0.2) is 0 Å². The number of amides is 2. The molecule has 3 rings (SSSR count). The molecule has 3 heterocycles. The van der Waals surface area contributed by atoms with Crippen LogP contribution < -0.4 is 5.32 Å². The van der Waals surface area contributed by atoms with Gasteiger partial charge in [-0.2, -0.15) is 5.10 Å². The molecular formula is C19H33N5O2. The Morgan fingerprint density at radius 1 is 1.27 bits per heavy atom. The molecule has 7 heteroatoms. The summed E-state index contributed by atoms with van der Waals surface area (Å²) in [7, 11) is 1.99. The van der Waals surface area contributed by atoms with Crippen LogP contribution in [0.25, 0.3) is 0 Å². The van der Waals surface area contributed by atoms with Gasteiger partial charge in [0.1, 0.15) is 0 Å². The molecule has 2 unspecified atom stereocenters. The number of hydrogen-bond acceptors (Lipinski definition) is 4. The van der Waals surface area contributed by atoms with Gasteiger partial charge in [0.25, 0.3) is 0 Å². The summed E-state index contributed by atoms with van der Waals surface area (Å²) in [4.78, 5) is 16.9. The molecule has 7 nitrogen and oxygen atoms in total. The van der Waals surface area contributed by atoms with Crippen LogP contribution in [0.3, 0.4) is 0 Å². The third-order valence-corrected chi connectivity index (χ3v) is 5.82. The van der Waals surface area contributed by atoms with Crippen LogP contribution >= 0.6 is 0 Å². The first-order valence-corrected chi connectivity index (χ1v) is 9.84. The summed E-state index contributed by atoms with van der Waals surface area (Å²) in [6, 6.07) is 0.113. The second-order valence-electron chi connectivity index (χ2n) is 7.68. The molecule has 0 spiro atoms. The second-order valence-corrected chi connectivity index (χ2v) is 7.68. The Hall–Kier alpha value is -1.60. The van der Waals surface area contributed by atoms with E-state index in [-0.39, 0.29) is 18.2 Å². The number of urea groups is 1. The van der Waals surface area contributed by atoms with Gasteiger partial charge in [-0.25, -0.2) is 4.79 Å². The highest BCUT2D eigenvalue weighted by Gasteiger charge is 2.26. The number of aryl methyl sites for hydroxylation is 2. The molecule has 2 aliphatic rings. The summed E-state index contributed by atoms with van der Waals surface area (Å²) in [5.41, 5.74) is 3.64. The Balaban J connectivity index is 1.46. The van der Waals surface area contributed by atoms with E-state index in [1.54, 1.807) is 0 Å². The molecule has 2 amide bonds. The molecule has 0 aliphatic carbocycles. The van der Waals surface area contributed by atoms with Crippen molar-refractivity contribution in [3.63, 3.8) is 0 Å². The summed E-state index contributed by atoms with van der Waals surface area (Å²) in [5, 5.41) is 7.64. The fourth-order valence-corrected chi connectivity index (χ4v) is 3.92. The Labute approximate surface area is 156 Å². The molecule has 2 saturated heterocycles. The zero-order valence-electron chi connectivity index (χ0n) is 16.6. The van der Waals surface area contributed by atoms with E-state index in [9.17, 15) is 4.79 Å². The summed E-state index contributed by atoms with van der Waals surface area (Å²) in [5.74, 6) is 0. The molecule has 0 bridgehead atoms. The number of nitrogens with one attached hydrogen (secondary N) is 1. The average Bonchev–Trinajstić information content (AvgIpc) is 2.89. The molecule has 1 N–H and O–H groups in total. The number of carbonyl (C=O) groups is 1. The van der Waals surface area contributed by atoms with E-state index in [4.69, 9.17) is 4.74 Å². The van der Waals surface area contributed by atoms with E-state index in [1.807, 2.05) is 16.6 Å². The molecule has 146 valence electrons. The van der Waals surface area contributed by atoms with Crippen LogP contribution in [0.2, 0.25) is 0 Å². The van der Waals surface area contributed by atoms with Crippen LogP contribution in [0.15, 0.2) is 0 Å². The van der Waals surface area contributed by atoms with E-state index >= 15 is 0 Å². The molecule has 2 aliphatic heterocycles. The Morgan fingerprint density at radius 3 is 2.58 bits per heavy atom. The van der Waals surface area contributed by atoms with E-state index in [0.717, 1.165) is 57.9 Å². The highest BCUT2D eigenvalue weighted by molar-refractivity contribution is 5.74. The van der Waals surface area contributed by atoms with Gasteiger partial charge in [0.05, 0.1) is 17.8 Å². The number of ether oxygens (including phenoxy) is 1. The molecule has 2 atom stereocenters. The van der Waals surface area contributed by atoms with Crippen molar-refractivity contribution in [3.05, 3.63) is 17.0 Å². The van der Waals surface area contributed by atoms with Crippen LogP contribution in [0.5, 0.6) is 0 Å². The lowest BCUT2D eigenvalue weighted by atomic mass is 10.0. The van der Waals surface area contributed by atoms with Crippen molar-refractivity contribution >= 4 is 6.03 Å². The minimum Gasteiger partial charge on any atom is -0.376 e. The lowest BCUT2D eigenvalue weighted by molar-refractivity contribution is -0.00270. The van der Waals surface area contributed by atoms with Crippen LogP contribution in [-0.4, -0.2) is 70.5 Å². The van der Waals surface area contributed by atoms with Crippen LogP contribution in [-0.2, 0) is 18.3 Å². The zero-order valence-corrected chi connectivity index (χ0v) is 16.6. The lowest BCUT2D eigenvalue weighted by Crippen LogP contribution is -2.54. The van der Waals surface area contributed by atoms with Crippen molar-refractivity contribution in [1.29, 1.82) is 0 Å². The first-order valence-electron chi connectivity index (χ1n) is 9.84. The van der Waals surface area contributed by atoms with Gasteiger partial charge >= 0.3 is 6.03 Å². The standard InChI is InChI=1S/C19H33N5O2/c1-14-17(16(3)22(4)21-14)13-23-8-10-24(11-9-23)19(25)20-15(2)18-7-5-6-12-26-18/h15,18H,5-13H2,1-4H3,(H,20,25). The first-order chi connectivity index (χ1) is 12.5. The summed E-state index contributed by atoms with van der Waals surface area (Å²) in [6.07, 6.45) is 3.52. The van der Waals surface area contributed by atoms with Crippen molar-refractivity contribution < 1.29 is 9.53 Å². The van der Waals surface area contributed by atoms with Gasteiger partial charge in [0, 0.05) is 57.6 Å². The maximum absolute atomic E-state index is 12.6. The van der Waals surface area contributed by atoms with E-state index in [2.05, 4.69) is 36.1 Å². The molecule has 26 heavy (non-hydrogen) atoms. The quantitative estimate of drug-likeness (QED) is 0.886. The van der Waals surface area contributed by atoms with Gasteiger partial charge in [-0.1, -0.05) is 0 Å². The van der Waals surface area contributed by atoms with E-state index in [1.165, 1.54) is 17.7 Å². The smallest absolute Gasteiger partial charge is 0.317 e. The molecule has 1 aromatic heterocycles. The molecule has 0 radical (unpaired) electrons. The maximum atomic E-state index is 12.6. The summed E-state index contributed by atoms with van der Waals surface area (Å²) in [6.45, 7) is 11.3. The number of aromatic nitrogens is 2. The van der Waals surface area contributed by atoms with Crippen LogP contribution in [0, 0.1) is 13.8 Å². The number of hydrogen-bond donors (Lipinski definition) is 1. The van der Waals surface area contributed by atoms with Gasteiger partial charge in [-0.15, -0.1) is 0 Å². The van der Waals surface area contributed by atoms with Gasteiger partial charge in [0.2, 0.25) is 0 Å². The number of rotatable bonds is 4. The maximum Gasteiger partial charge on any atom is 0.317 e. The second kappa shape index (κ2) is 8.39. The van der Waals surface area contributed by atoms with E-state index < -0.39 is 0 Å². The minimum atomic E-state index is 0.0417. The van der Waals surface area contributed by atoms with Gasteiger partial charge in [-0.05, 0) is 40.0 Å². The van der Waals surface area contributed by atoms with Gasteiger partial charge in [-0.3, -0.25) is 9.58 Å². The van der Waals surface area contributed by atoms with Crippen molar-refractivity contribution in [1.82, 2.24) is 24.9 Å². The topological polar surface area (TPSA) is 62.6 Å². The highest BCUT2D eigenvalue weighted by atomic mass is 16.5. The zero-order chi connectivity index (χ0) is 18.7. The highest BCUT2D eigenvalue weighted by Crippen LogP contribution is 2.17. The number of carbonyl (C=O) groups excluding carboxylic acids is 1. The van der Waals surface area contributed by atoms with Crippen LogP contribution in [0.1, 0.15) is 43.1 Å². The third kappa shape index (κ3) is 4.38. The average molecular weight is 364 g/mol. The Kier molecular flexibility index (Phi) is 6.19. The van der Waals surface area contributed by atoms with Crippen molar-refractivity contribution in [2.24, 2.45) is 7.05 Å². The first kappa shape index (κ1) is 19.2. The van der Waals surface area contributed by atoms with Crippen molar-refractivity contribution in [2.45, 2.75) is 58.7 Å². The molecule has 1 aromatic rings. The predicted molar refractivity (Wildman–Crippen MR) is 101 cm³/mol. The van der Waals surface area contributed by atoms with E-state index in [0.29, 0.717) is 0 Å². The SMILES string of the molecule is Cc1nn(C)c(C)c1CN1CCN(C(=O)NC(C)C2CCCCO2)CC1.